The van der Waals surface area contributed by atoms with Gasteiger partial charge in [0.2, 0.25) is 0 Å². The Morgan fingerprint density at radius 2 is 1.29 bits per heavy atom. The van der Waals surface area contributed by atoms with Crippen molar-refractivity contribution in [3.8, 4) is 5.75 Å². The standard InChI is InChI=1S/C20H34O/c1-3-5-7-9-11-14-18-15-13-17-20(21)19(18)16-12-10-8-6-4-2/h13,15,17,21H,3-12,14,16H2,1-2H3. The van der Waals surface area contributed by atoms with Gasteiger partial charge in [-0.3, -0.25) is 0 Å². The summed E-state index contributed by atoms with van der Waals surface area (Å²) in [5.74, 6) is 0.511. The van der Waals surface area contributed by atoms with Crippen LogP contribution < -0.4 is 0 Å². The molecule has 1 nitrogen and oxygen atoms in total. The summed E-state index contributed by atoms with van der Waals surface area (Å²) in [6, 6.07) is 6.06. The zero-order valence-electron chi connectivity index (χ0n) is 14.2. The normalized spacial score (nSPS) is 11.0. The summed E-state index contributed by atoms with van der Waals surface area (Å²) in [6.45, 7) is 4.51. The lowest BCUT2D eigenvalue weighted by Gasteiger charge is -2.11. The first-order valence-corrected chi connectivity index (χ1v) is 9.09. The smallest absolute Gasteiger partial charge is 0.119 e. The highest BCUT2D eigenvalue weighted by atomic mass is 16.3. The van der Waals surface area contributed by atoms with Crippen molar-refractivity contribution in [3.63, 3.8) is 0 Å². The predicted octanol–water partition coefficient (Wildman–Crippen LogP) is 6.42. The van der Waals surface area contributed by atoms with Crippen molar-refractivity contribution in [2.24, 2.45) is 0 Å². The van der Waals surface area contributed by atoms with Crippen molar-refractivity contribution >= 4 is 0 Å². The molecule has 0 atom stereocenters. The maximum absolute atomic E-state index is 10.1. The molecule has 1 rings (SSSR count). The van der Waals surface area contributed by atoms with Crippen LogP contribution in [0.15, 0.2) is 18.2 Å². The second-order valence-corrected chi connectivity index (χ2v) is 6.24. The first-order valence-electron chi connectivity index (χ1n) is 9.09. The lowest BCUT2D eigenvalue weighted by atomic mass is 9.95. The molecule has 1 heteroatoms. The molecule has 1 aromatic carbocycles. The molecule has 1 N–H and O–H groups in total. The van der Waals surface area contributed by atoms with E-state index in [4.69, 9.17) is 0 Å². The number of hydrogen-bond acceptors (Lipinski definition) is 1. The Morgan fingerprint density at radius 3 is 1.90 bits per heavy atom. The fraction of sp³-hybridized carbons (Fsp3) is 0.700. The fourth-order valence-electron chi connectivity index (χ4n) is 2.97. The second kappa shape index (κ2) is 11.7. The molecule has 0 radical (unpaired) electrons. The second-order valence-electron chi connectivity index (χ2n) is 6.24. The maximum Gasteiger partial charge on any atom is 0.119 e. The van der Waals surface area contributed by atoms with Gasteiger partial charge in [-0.15, -0.1) is 0 Å². The molecule has 0 fully saturated rings. The Hall–Kier alpha value is -0.980. The van der Waals surface area contributed by atoms with Crippen LogP contribution in [0, 0.1) is 0 Å². The topological polar surface area (TPSA) is 20.2 Å². The van der Waals surface area contributed by atoms with Crippen molar-refractivity contribution in [1.82, 2.24) is 0 Å². The molecule has 0 saturated carbocycles. The Kier molecular flexibility index (Phi) is 10.0. The average molecular weight is 290 g/mol. The van der Waals surface area contributed by atoms with Crippen molar-refractivity contribution in [2.75, 3.05) is 0 Å². The third-order valence-corrected chi connectivity index (χ3v) is 4.33. The Bertz CT molecular complexity index is 370. The van der Waals surface area contributed by atoms with E-state index in [0.29, 0.717) is 5.75 Å². The summed E-state index contributed by atoms with van der Waals surface area (Å²) in [4.78, 5) is 0. The monoisotopic (exact) mass is 290 g/mol. The number of rotatable bonds is 12. The summed E-state index contributed by atoms with van der Waals surface area (Å²) < 4.78 is 0. The molecule has 0 spiro atoms. The van der Waals surface area contributed by atoms with Crippen LogP contribution in [0.5, 0.6) is 5.75 Å². The van der Waals surface area contributed by atoms with E-state index in [1.165, 1.54) is 75.3 Å². The molecule has 0 aliphatic rings. The van der Waals surface area contributed by atoms with Crippen LogP contribution in [0.25, 0.3) is 0 Å². The number of phenolic OH excluding ortho intramolecular Hbond substituents is 1. The van der Waals surface area contributed by atoms with Crippen LogP contribution >= 0.6 is 0 Å². The third-order valence-electron chi connectivity index (χ3n) is 4.33. The molecule has 21 heavy (non-hydrogen) atoms. The molecule has 0 bridgehead atoms. The molecule has 0 unspecified atom stereocenters. The van der Waals surface area contributed by atoms with Crippen LogP contribution in [0.2, 0.25) is 0 Å². The molecule has 0 amide bonds. The highest BCUT2D eigenvalue weighted by molar-refractivity contribution is 5.39. The minimum Gasteiger partial charge on any atom is -0.508 e. The van der Waals surface area contributed by atoms with E-state index in [1.54, 1.807) is 0 Å². The summed E-state index contributed by atoms with van der Waals surface area (Å²) in [6.07, 6.45) is 15.2. The predicted molar refractivity (Wildman–Crippen MR) is 93.0 cm³/mol. The summed E-state index contributed by atoms with van der Waals surface area (Å²) in [7, 11) is 0. The average Bonchev–Trinajstić information content (AvgIpc) is 2.49. The molecule has 0 aliphatic heterocycles. The zero-order chi connectivity index (χ0) is 15.3. The van der Waals surface area contributed by atoms with Gasteiger partial charge in [-0.25, -0.2) is 0 Å². The van der Waals surface area contributed by atoms with Gasteiger partial charge < -0.3 is 5.11 Å². The van der Waals surface area contributed by atoms with Crippen molar-refractivity contribution in [3.05, 3.63) is 29.3 Å². The van der Waals surface area contributed by atoms with Gasteiger partial charge in [-0.1, -0.05) is 77.3 Å². The van der Waals surface area contributed by atoms with E-state index >= 15 is 0 Å². The number of benzene rings is 1. The molecule has 0 aromatic heterocycles. The highest BCUT2D eigenvalue weighted by Gasteiger charge is 2.07. The van der Waals surface area contributed by atoms with Crippen LogP contribution in [0.1, 0.15) is 89.2 Å². The van der Waals surface area contributed by atoms with Gasteiger partial charge in [0.25, 0.3) is 0 Å². The third kappa shape index (κ3) is 7.55. The lowest BCUT2D eigenvalue weighted by molar-refractivity contribution is 0.464. The number of aromatic hydroxyl groups is 1. The van der Waals surface area contributed by atoms with Crippen LogP contribution in [-0.4, -0.2) is 5.11 Å². The van der Waals surface area contributed by atoms with Gasteiger partial charge >= 0.3 is 0 Å². The molecular formula is C20H34O. The van der Waals surface area contributed by atoms with E-state index in [0.717, 1.165) is 12.8 Å². The minimum absolute atomic E-state index is 0.511. The number of aryl methyl sites for hydroxylation is 1. The number of hydrogen-bond donors (Lipinski definition) is 1. The molecule has 0 aliphatic carbocycles. The highest BCUT2D eigenvalue weighted by Crippen LogP contribution is 2.25. The van der Waals surface area contributed by atoms with Crippen LogP contribution in [-0.2, 0) is 12.8 Å². The van der Waals surface area contributed by atoms with Gasteiger partial charge in [0.05, 0.1) is 0 Å². The maximum atomic E-state index is 10.1. The SMILES string of the molecule is CCCCCCCc1cccc(O)c1CCCCCCC. The van der Waals surface area contributed by atoms with E-state index in [2.05, 4.69) is 19.9 Å². The van der Waals surface area contributed by atoms with Crippen molar-refractivity contribution < 1.29 is 5.11 Å². The van der Waals surface area contributed by atoms with Gasteiger partial charge in [0.15, 0.2) is 0 Å². The first-order chi connectivity index (χ1) is 10.3. The van der Waals surface area contributed by atoms with Gasteiger partial charge in [-0.05, 0) is 42.9 Å². The molecular weight excluding hydrogens is 256 g/mol. The lowest BCUT2D eigenvalue weighted by Crippen LogP contribution is -1.96. The summed E-state index contributed by atoms with van der Waals surface area (Å²) >= 11 is 0. The molecule has 0 heterocycles. The Labute approximate surface area is 131 Å². The molecule has 0 saturated heterocycles. The Balaban J connectivity index is 2.41. The largest absolute Gasteiger partial charge is 0.508 e. The van der Waals surface area contributed by atoms with E-state index < -0.39 is 0 Å². The minimum atomic E-state index is 0.511. The van der Waals surface area contributed by atoms with Gasteiger partial charge in [-0.2, -0.15) is 0 Å². The summed E-state index contributed by atoms with van der Waals surface area (Å²) in [5, 5.41) is 10.1. The summed E-state index contributed by atoms with van der Waals surface area (Å²) in [5.41, 5.74) is 2.59. The van der Waals surface area contributed by atoms with E-state index in [9.17, 15) is 5.11 Å². The van der Waals surface area contributed by atoms with Crippen LogP contribution in [0.4, 0.5) is 0 Å². The van der Waals surface area contributed by atoms with Crippen molar-refractivity contribution in [1.29, 1.82) is 0 Å². The van der Waals surface area contributed by atoms with Crippen molar-refractivity contribution in [2.45, 2.75) is 90.9 Å². The molecule has 1 aromatic rings. The van der Waals surface area contributed by atoms with E-state index in [-0.39, 0.29) is 0 Å². The molecule has 120 valence electrons. The number of unbranched alkanes of at least 4 members (excludes halogenated alkanes) is 8. The number of phenols is 1. The fourth-order valence-corrected chi connectivity index (χ4v) is 2.97. The Morgan fingerprint density at radius 1 is 0.714 bits per heavy atom. The van der Waals surface area contributed by atoms with Crippen LogP contribution in [0.3, 0.4) is 0 Å². The van der Waals surface area contributed by atoms with E-state index in [1.807, 2.05) is 12.1 Å². The van der Waals surface area contributed by atoms with Gasteiger partial charge in [0, 0.05) is 0 Å². The zero-order valence-corrected chi connectivity index (χ0v) is 14.2. The van der Waals surface area contributed by atoms with Gasteiger partial charge in [0.1, 0.15) is 5.75 Å². The first kappa shape index (κ1) is 18.1. The quantitative estimate of drug-likeness (QED) is 0.440.